The molecule has 3 rings (SSSR count). The largest absolute Gasteiger partial charge is 0.497 e. The summed E-state index contributed by atoms with van der Waals surface area (Å²) in [6.07, 6.45) is 0.399. The van der Waals surface area contributed by atoms with E-state index in [-0.39, 0.29) is 0 Å². The molecule has 0 aromatic heterocycles. The van der Waals surface area contributed by atoms with Gasteiger partial charge >= 0.3 is 5.97 Å². The van der Waals surface area contributed by atoms with Crippen molar-refractivity contribution in [3.63, 3.8) is 0 Å². The normalized spacial score (nSPS) is 12.3. The van der Waals surface area contributed by atoms with E-state index in [2.05, 4.69) is 17.9 Å². The van der Waals surface area contributed by atoms with Crippen molar-refractivity contribution in [1.29, 1.82) is 0 Å². The highest BCUT2D eigenvalue weighted by atomic mass is 32.1. The van der Waals surface area contributed by atoms with Crippen LogP contribution in [0.15, 0.2) is 84.9 Å². The molecular weight excluding hydrogens is 382 g/mol. The first-order chi connectivity index (χ1) is 14.1. The molecule has 0 aliphatic heterocycles. The van der Waals surface area contributed by atoms with Gasteiger partial charge in [0.25, 0.3) is 0 Å². The van der Waals surface area contributed by atoms with E-state index in [0.717, 1.165) is 22.4 Å². The van der Waals surface area contributed by atoms with Crippen LogP contribution in [0.4, 0.5) is 0 Å². The van der Waals surface area contributed by atoms with Crippen LogP contribution >= 0.6 is 12.6 Å². The third-order valence-corrected chi connectivity index (χ3v) is 5.30. The fourth-order valence-electron chi connectivity index (χ4n) is 3.62. The summed E-state index contributed by atoms with van der Waals surface area (Å²) in [4.78, 5) is 12.0. The van der Waals surface area contributed by atoms with E-state index in [0.29, 0.717) is 12.2 Å². The molecule has 0 spiro atoms. The fourth-order valence-corrected chi connectivity index (χ4v) is 3.87. The van der Waals surface area contributed by atoms with Crippen LogP contribution in [0.3, 0.4) is 0 Å². The monoisotopic (exact) mass is 407 g/mol. The zero-order valence-corrected chi connectivity index (χ0v) is 17.2. The molecule has 29 heavy (non-hydrogen) atoms. The van der Waals surface area contributed by atoms with Crippen molar-refractivity contribution in [1.82, 2.24) is 5.32 Å². The van der Waals surface area contributed by atoms with Gasteiger partial charge in [0.05, 0.1) is 12.6 Å². The van der Waals surface area contributed by atoms with Gasteiger partial charge < -0.3 is 9.84 Å². The highest BCUT2D eigenvalue weighted by Crippen LogP contribution is 2.38. The molecule has 0 bridgehead atoms. The summed E-state index contributed by atoms with van der Waals surface area (Å²) in [7, 11) is 1.63. The van der Waals surface area contributed by atoms with Crippen molar-refractivity contribution in [2.45, 2.75) is 18.0 Å². The standard InChI is InChI=1S/C24H25NO3S/c1-28-21-14-12-20(13-15-21)24(18-8-4-2-5-9-18,19-10-6-3-7-11-19)25-22(16-17-29)23(26)27/h2-15,22,25,29H,16-17H2,1H3,(H,26,27). The quantitative estimate of drug-likeness (QED) is 0.365. The second-order valence-corrected chi connectivity index (χ2v) is 7.21. The Hall–Kier alpha value is -2.76. The Kier molecular flexibility index (Phi) is 6.96. The van der Waals surface area contributed by atoms with Crippen LogP contribution in [0.1, 0.15) is 23.1 Å². The highest BCUT2D eigenvalue weighted by Gasteiger charge is 2.39. The number of carbonyl (C=O) groups is 1. The maximum atomic E-state index is 12.0. The number of hydrogen-bond acceptors (Lipinski definition) is 4. The topological polar surface area (TPSA) is 58.6 Å². The van der Waals surface area contributed by atoms with Gasteiger partial charge in [-0.3, -0.25) is 10.1 Å². The highest BCUT2D eigenvalue weighted by molar-refractivity contribution is 7.80. The molecule has 3 aromatic rings. The molecule has 0 aliphatic rings. The maximum Gasteiger partial charge on any atom is 0.320 e. The summed E-state index contributed by atoms with van der Waals surface area (Å²) in [5, 5.41) is 13.3. The summed E-state index contributed by atoms with van der Waals surface area (Å²) in [6, 6.07) is 26.8. The van der Waals surface area contributed by atoms with Gasteiger partial charge in [-0.25, -0.2) is 0 Å². The van der Waals surface area contributed by atoms with Crippen molar-refractivity contribution < 1.29 is 14.6 Å². The molecule has 0 saturated heterocycles. The average molecular weight is 408 g/mol. The predicted octanol–water partition coefficient (Wildman–Crippen LogP) is 4.35. The van der Waals surface area contributed by atoms with E-state index in [1.807, 2.05) is 84.9 Å². The lowest BCUT2D eigenvalue weighted by atomic mass is 9.76. The zero-order chi connectivity index (χ0) is 20.7. The molecule has 3 aromatic carbocycles. The lowest BCUT2D eigenvalue weighted by Crippen LogP contribution is -2.52. The minimum absolute atomic E-state index is 0.399. The first kappa shape index (κ1) is 21.0. The Balaban J connectivity index is 2.27. The van der Waals surface area contributed by atoms with Crippen molar-refractivity contribution in [3.05, 3.63) is 102 Å². The van der Waals surface area contributed by atoms with Crippen molar-refractivity contribution in [2.75, 3.05) is 12.9 Å². The number of thiol groups is 1. The van der Waals surface area contributed by atoms with Crippen molar-refractivity contribution >= 4 is 18.6 Å². The van der Waals surface area contributed by atoms with E-state index in [1.165, 1.54) is 0 Å². The molecule has 0 amide bonds. The molecule has 0 radical (unpaired) electrons. The Labute approximate surface area is 177 Å². The van der Waals surface area contributed by atoms with Crippen LogP contribution in [0.5, 0.6) is 5.75 Å². The van der Waals surface area contributed by atoms with Crippen molar-refractivity contribution in [2.24, 2.45) is 0 Å². The van der Waals surface area contributed by atoms with Crippen LogP contribution in [-0.4, -0.2) is 30.0 Å². The van der Waals surface area contributed by atoms with Gasteiger partial charge in [0, 0.05) is 0 Å². The first-order valence-corrected chi connectivity index (χ1v) is 10.1. The smallest absolute Gasteiger partial charge is 0.320 e. The van der Waals surface area contributed by atoms with Gasteiger partial charge in [0.1, 0.15) is 11.8 Å². The van der Waals surface area contributed by atoms with E-state index in [1.54, 1.807) is 7.11 Å². The third kappa shape index (κ3) is 4.47. The lowest BCUT2D eigenvalue weighted by Gasteiger charge is -2.39. The van der Waals surface area contributed by atoms with Crippen LogP contribution in [0.2, 0.25) is 0 Å². The van der Waals surface area contributed by atoms with Gasteiger partial charge in [-0.15, -0.1) is 0 Å². The summed E-state index contributed by atoms with van der Waals surface area (Å²) in [5.74, 6) is 0.310. The lowest BCUT2D eigenvalue weighted by molar-refractivity contribution is -0.139. The summed E-state index contributed by atoms with van der Waals surface area (Å²) in [5.41, 5.74) is 2.01. The van der Waals surface area contributed by atoms with Gasteiger partial charge in [-0.1, -0.05) is 72.8 Å². The van der Waals surface area contributed by atoms with Crippen molar-refractivity contribution in [3.8, 4) is 5.75 Å². The molecule has 1 unspecified atom stereocenters. The molecule has 5 heteroatoms. The Morgan fingerprint density at radius 3 is 1.83 bits per heavy atom. The van der Waals surface area contributed by atoms with Gasteiger partial charge in [-0.2, -0.15) is 12.6 Å². The van der Waals surface area contributed by atoms with Gasteiger partial charge in [-0.05, 0) is 41.0 Å². The zero-order valence-electron chi connectivity index (χ0n) is 16.3. The molecule has 150 valence electrons. The number of nitrogens with one attached hydrogen (secondary N) is 1. The molecule has 0 heterocycles. The Bertz CT molecular complexity index is 874. The molecule has 4 nitrogen and oxygen atoms in total. The van der Waals surface area contributed by atoms with Crippen LogP contribution in [-0.2, 0) is 10.3 Å². The number of methoxy groups -OCH3 is 1. The summed E-state index contributed by atoms with van der Waals surface area (Å²) < 4.78 is 5.33. The molecule has 0 aliphatic carbocycles. The number of aliphatic carboxylic acids is 1. The first-order valence-electron chi connectivity index (χ1n) is 9.48. The van der Waals surface area contributed by atoms with E-state index < -0.39 is 17.6 Å². The number of rotatable bonds is 9. The second kappa shape index (κ2) is 9.63. The van der Waals surface area contributed by atoms with Crippen LogP contribution in [0, 0.1) is 0 Å². The van der Waals surface area contributed by atoms with Crippen LogP contribution in [0.25, 0.3) is 0 Å². The van der Waals surface area contributed by atoms with E-state index >= 15 is 0 Å². The van der Waals surface area contributed by atoms with Gasteiger partial charge in [0.2, 0.25) is 0 Å². The van der Waals surface area contributed by atoms with Gasteiger partial charge in [0.15, 0.2) is 0 Å². The fraction of sp³-hybridized carbons (Fsp3) is 0.208. The SMILES string of the molecule is COc1ccc(C(NC(CCS)C(=O)O)(c2ccccc2)c2ccccc2)cc1. The molecule has 1 atom stereocenters. The number of benzene rings is 3. The Morgan fingerprint density at radius 1 is 0.931 bits per heavy atom. The summed E-state index contributed by atoms with van der Waals surface area (Å²) in [6.45, 7) is 0. The number of ether oxygens (including phenoxy) is 1. The van der Waals surface area contributed by atoms with E-state index in [9.17, 15) is 9.90 Å². The molecular formula is C24H25NO3S. The summed E-state index contributed by atoms with van der Waals surface area (Å²) >= 11 is 4.27. The minimum atomic E-state index is -0.899. The van der Waals surface area contributed by atoms with Crippen LogP contribution < -0.4 is 10.1 Å². The third-order valence-electron chi connectivity index (χ3n) is 5.04. The second-order valence-electron chi connectivity index (χ2n) is 6.76. The van der Waals surface area contributed by atoms with E-state index in [4.69, 9.17) is 4.74 Å². The Morgan fingerprint density at radius 2 is 1.41 bits per heavy atom. The minimum Gasteiger partial charge on any atom is -0.497 e. The average Bonchev–Trinajstić information content (AvgIpc) is 2.78. The molecule has 0 saturated carbocycles. The number of hydrogen-bond donors (Lipinski definition) is 3. The molecule has 2 N–H and O–H groups in total. The predicted molar refractivity (Wildman–Crippen MR) is 119 cm³/mol. The molecule has 0 fully saturated rings. The number of carboxylic acid groups (broad SMARTS) is 1. The number of carboxylic acids is 1. The maximum absolute atomic E-state index is 12.0.